The van der Waals surface area contributed by atoms with Gasteiger partial charge in [0.15, 0.2) is 0 Å². The monoisotopic (exact) mass is 443 g/mol. The Morgan fingerprint density at radius 3 is 2.13 bits per heavy atom. The van der Waals surface area contributed by atoms with Crippen LogP contribution in [0.1, 0.15) is 73.6 Å². The normalized spacial score (nSPS) is 19.8. The van der Waals surface area contributed by atoms with Crippen molar-refractivity contribution in [2.45, 2.75) is 102 Å². The quantitative estimate of drug-likeness (QED) is 0.300. The van der Waals surface area contributed by atoms with Crippen LogP contribution < -0.4 is 16.4 Å². The lowest BCUT2D eigenvalue weighted by molar-refractivity contribution is -0.173. The van der Waals surface area contributed by atoms with Gasteiger partial charge in [0.25, 0.3) is 0 Å². The summed E-state index contributed by atoms with van der Waals surface area (Å²) in [5, 5.41) is 15.3. The van der Waals surface area contributed by atoms with E-state index in [2.05, 4.69) is 10.6 Å². The number of rotatable bonds is 9. The molecule has 0 aliphatic carbocycles. The SMILES string of the molecule is CC(C)(C)OC(=O)C(N)CCC[C@](NC(=O)[C@@H]1CCCN1)(C(=O)O)C(=O)OC(C)(C)C. The Labute approximate surface area is 183 Å². The van der Waals surface area contributed by atoms with Crippen LogP contribution in [0.15, 0.2) is 0 Å². The van der Waals surface area contributed by atoms with Crippen LogP contribution in [0.25, 0.3) is 0 Å². The molecule has 1 saturated heterocycles. The summed E-state index contributed by atoms with van der Waals surface area (Å²) < 4.78 is 10.5. The molecule has 0 aromatic carbocycles. The predicted octanol–water partition coefficient (Wildman–Crippen LogP) is 0.859. The van der Waals surface area contributed by atoms with Gasteiger partial charge in [0, 0.05) is 0 Å². The number of ether oxygens (including phenoxy) is 2. The van der Waals surface area contributed by atoms with Gasteiger partial charge in [-0.2, -0.15) is 0 Å². The fraction of sp³-hybridized carbons (Fsp3) is 0.810. The number of carbonyl (C=O) groups excluding carboxylic acids is 3. The van der Waals surface area contributed by atoms with Gasteiger partial charge in [0.1, 0.15) is 17.2 Å². The molecule has 1 fully saturated rings. The number of hydrogen-bond acceptors (Lipinski definition) is 8. The molecular formula is C21H37N3O7. The van der Waals surface area contributed by atoms with E-state index in [1.54, 1.807) is 41.5 Å². The number of hydrogen-bond donors (Lipinski definition) is 4. The molecule has 0 radical (unpaired) electrons. The van der Waals surface area contributed by atoms with E-state index in [0.29, 0.717) is 13.0 Å². The lowest BCUT2D eigenvalue weighted by atomic mass is 9.90. The van der Waals surface area contributed by atoms with Crippen molar-refractivity contribution >= 4 is 23.8 Å². The molecule has 1 amide bonds. The van der Waals surface area contributed by atoms with E-state index in [4.69, 9.17) is 15.2 Å². The first kappa shape index (κ1) is 26.8. The minimum atomic E-state index is -2.29. The number of nitrogens with two attached hydrogens (primary N) is 1. The Morgan fingerprint density at radius 1 is 1.10 bits per heavy atom. The average Bonchev–Trinajstić information content (AvgIpc) is 3.11. The van der Waals surface area contributed by atoms with Gasteiger partial charge in [-0.25, -0.2) is 9.59 Å². The second-order valence-electron chi connectivity index (χ2n) is 9.88. The summed E-state index contributed by atoms with van der Waals surface area (Å²) >= 11 is 0. The Balaban J connectivity index is 2.99. The minimum Gasteiger partial charge on any atom is -0.479 e. The molecule has 0 bridgehead atoms. The molecule has 0 aromatic rings. The summed E-state index contributed by atoms with van der Waals surface area (Å²) in [5.74, 6) is -3.80. The Hall–Kier alpha value is -2.20. The molecule has 1 heterocycles. The van der Waals surface area contributed by atoms with Crippen molar-refractivity contribution in [3.63, 3.8) is 0 Å². The van der Waals surface area contributed by atoms with Crippen molar-refractivity contribution in [1.82, 2.24) is 10.6 Å². The number of carboxylic acid groups (broad SMARTS) is 1. The van der Waals surface area contributed by atoms with Crippen molar-refractivity contribution in [2.75, 3.05) is 6.54 Å². The molecule has 3 atom stereocenters. The molecule has 1 rings (SSSR count). The highest BCUT2D eigenvalue weighted by atomic mass is 16.6. The van der Waals surface area contributed by atoms with Crippen LogP contribution in [-0.2, 0) is 28.7 Å². The van der Waals surface area contributed by atoms with Crippen LogP contribution in [0.2, 0.25) is 0 Å². The lowest BCUT2D eigenvalue weighted by Crippen LogP contribution is -2.64. The second-order valence-corrected chi connectivity index (χ2v) is 9.88. The van der Waals surface area contributed by atoms with E-state index in [0.717, 1.165) is 6.42 Å². The highest BCUT2D eigenvalue weighted by molar-refractivity contribution is 6.07. The number of carbonyl (C=O) groups is 4. The summed E-state index contributed by atoms with van der Waals surface area (Å²) in [6.07, 6.45) is 1.18. The maximum atomic E-state index is 12.9. The van der Waals surface area contributed by atoms with E-state index in [9.17, 15) is 24.3 Å². The van der Waals surface area contributed by atoms with E-state index in [-0.39, 0.29) is 19.3 Å². The molecule has 10 nitrogen and oxygen atoms in total. The molecule has 31 heavy (non-hydrogen) atoms. The van der Waals surface area contributed by atoms with E-state index in [1.165, 1.54) is 0 Å². The molecule has 0 aromatic heterocycles. The first-order valence-electron chi connectivity index (χ1n) is 10.6. The van der Waals surface area contributed by atoms with Crippen molar-refractivity contribution < 1.29 is 33.8 Å². The van der Waals surface area contributed by atoms with Gasteiger partial charge in [-0.05, 0) is 80.2 Å². The highest BCUT2D eigenvalue weighted by Crippen LogP contribution is 2.23. The van der Waals surface area contributed by atoms with E-state index in [1.807, 2.05) is 0 Å². The van der Waals surface area contributed by atoms with Crippen LogP contribution in [0.4, 0.5) is 0 Å². The van der Waals surface area contributed by atoms with Gasteiger partial charge in [-0.1, -0.05) is 0 Å². The zero-order valence-corrected chi connectivity index (χ0v) is 19.4. The fourth-order valence-electron chi connectivity index (χ4n) is 3.12. The summed E-state index contributed by atoms with van der Waals surface area (Å²) in [4.78, 5) is 49.9. The van der Waals surface area contributed by atoms with Crippen LogP contribution in [0.3, 0.4) is 0 Å². The van der Waals surface area contributed by atoms with Crippen LogP contribution in [0.5, 0.6) is 0 Å². The van der Waals surface area contributed by atoms with Crippen LogP contribution in [-0.4, -0.2) is 64.3 Å². The third-order valence-corrected chi connectivity index (χ3v) is 4.60. The molecule has 10 heteroatoms. The molecule has 0 saturated carbocycles. The van der Waals surface area contributed by atoms with Gasteiger partial charge in [0.05, 0.1) is 6.04 Å². The molecule has 1 aliphatic heterocycles. The maximum Gasteiger partial charge on any atom is 0.344 e. The lowest BCUT2D eigenvalue weighted by Gasteiger charge is -2.33. The van der Waals surface area contributed by atoms with Gasteiger partial charge in [-0.3, -0.25) is 9.59 Å². The van der Waals surface area contributed by atoms with Gasteiger partial charge in [-0.15, -0.1) is 0 Å². The van der Waals surface area contributed by atoms with Crippen molar-refractivity contribution in [3.8, 4) is 0 Å². The largest absolute Gasteiger partial charge is 0.479 e. The topological polar surface area (TPSA) is 157 Å². The summed E-state index contributed by atoms with van der Waals surface area (Å²) in [5.41, 5.74) is 1.92. The molecule has 178 valence electrons. The van der Waals surface area contributed by atoms with Crippen molar-refractivity contribution in [2.24, 2.45) is 5.73 Å². The third-order valence-electron chi connectivity index (χ3n) is 4.60. The van der Waals surface area contributed by atoms with Gasteiger partial charge >= 0.3 is 17.9 Å². The fourth-order valence-corrected chi connectivity index (χ4v) is 3.12. The number of carboxylic acids is 1. The zero-order chi connectivity index (χ0) is 24.0. The number of esters is 2. The minimum absolute atomic E-state index is 0.0737. The first-order valence-corrected chi connectivity index (χ1v) is 10.6. The maximum absolute atomic E-state index is 12.9. The summed E-state index contributed by atoms with van der Waals surface area (Å²) in [6, 6.07) is -1.57. The third kappa shape index (κ3) is 8.45. The first-order chi connectivity index (χ1) is 14.1. The molecule has 5 N–H and O–H groups in total. The number of aliphatic carboxylic acids is 1. The molecular weight excluding hydrogens is 406 g/mol. The van der Waals surface area contributed by atoms with Gasteiger partial charge < -0.3 is 30.9 Å². The second kappa shape index (κ2) is 10.4. The number of amides is 1. The summed E-state index contributed by atoms with van der Waals surface area (Å²) in [7, 11) is 0. The molecule has 1 unspecified atom stereocenters. The molecule has 0 spiro atoms. The number of nitrogens with one attached hydrogen (secondary N) is 2. The Bertz CT molecular complexity index is 675. The van der Waals surface area contributed by atoms with Crippen molar-refractivity contribution in [3.05, 3.63) is 0 Å². The van der Waals surface area contributed by atoms with Crippen molar-refractivity contribution in [1.29, 1.82) is 0 Å². The van der Waals surface area contributed by atoms with Crippen LogP contribution >= 0.6 is 0 Å². The summed E-state index contributed by atoms with van der Waals surface area (Å²) in [6.45, 7) is 10.6. The average molecular weight is 444 g/mol. The smallest absolute Gasteiger partial charge is 0.344 e. The predicted molar refractivity (Wildman–Crippen MR) is 113 cm³/mol. The Kier molecular flexibility index (Phi) is 9.01. The highest BCUT2D eigenvalue weighted by Gasteiger charge is 2.51. The van der Waals surface area contributed by atoms with E-state index < -0.39 is 52.6 Å². The Morgan fingerprint density at radius 2 is 1.68 bits per heavy atom. The standard InChI is InChI=1S/C21H37N3O7/c1-19(2,3)30-16(26)13(22)9-7-11-21(17(27)28,18(29)31-20(4,5)6)24-15(25)14-10-8-12-23-14/h13-14,23H,7-12,22H2,1-6H3,(H,24,25)(H,27,28)/t13?,14-,21-/m0/s1. The van der Waals surface area contributed by atoms with Crippen LogP contribution in [0, 0.1) is 0 Å². The molecule has 1 aliphatic rings. The van der Waals surface area contributed by atoms with E-state index >= 15 is 0 Å². The van der Waals surface area contributed by atoms with Gasteiger partial charge in [0.2, 0.25) is 11.4 Å². The zero-order valence-electron chi connectivity index (χ0n) is 19.4.